The lowest BCUT2D eigenvalue weighted by atomic mass is 10.1. The summed E-state index contributed by atoms with van der Waals surface area (Å²) in [5.41, 5.74) is 1.93. The Hall–Kier alpha value is -2.26. The van der Waals surface area contributed by atoms with Crippen molar-refractivity contribution in [2.75, 3.05) is 5.32 Å². The molecule has 21 heavy (non-hydrogen) atoms. The molecule has 0 saturated carbocycles. The maximum absolute atomic E-state index is 11.8. The molecule has 0 bridgehead atoms. The fourth-order valence-corrected chi connectivity index (χ4v) is 2.58. The van der Waals surface area contributed by atoms with Gasteiger partial charge in [0.25, 0.3) is 5.56 Å². The second kappa shape index (κ2) is 5.62. The van der Waals surface area contributed by atoms with Gasteiger partial charge in [-0.1, -0.05) is 29.8 Å². The van der Waals surface area contributed by atoms with Gasteiger partial charge < -0.3 is 10.3 Å². The van der Waals surface area contributed by atoms with Gasteiger partial charge in [-0.2, -0.15) is 0 Å². The minimum atomic E-state index is -0.0773. The van der Waals surface area contributed by atoms with Gasteiger partial charge in [-0.15, -0.1) is 0 Å². The zero-order valence-corrected chi connectivity index (χ0v) is 12.3. The molecule has 1 heterocycles. The molecular weight excluding hydrogens is 284 g/mol. The molecule has 2 aromatic carbocycles. The molecule has 1 aromatic heterocycles. The molecule has 0 spiro atoms. The van der Waals surface area contributed by atoms with Gasteiger partial charge in [0, 0.05) is 28.3 Å². The van der Waals surface area contributed by atoms with E-state index < -0.39 is 0 Å². The smallest absolute Gasteiger partial charge is 0.255 e. The molecule has 4 heteroatoms. The number of halogens is 1. The third-order valence-electron chi connectivity index (χ3n) is 3.51. The van der Waals surface area contributed by atoms with Crippen LogP contribution in [0.5, 0.6) is 0 Å². The van der Waals surface area contributed by atoms with Gasteiger partial charge in [-0.3, -0.25) is 4.79 Å². The summed E-state index contributed by atoms with van der Waals surface area (Å²) in [6.07, 6.45) is 1.66. The zero-order chi connectivity index (χ0) is 14.8. The molecule has 1 unspecified atom stereocenters. The normalized spacial score (nSPS) is 12.3. The van der Waals surface area contributed by atoms with Gasteiger partial charge in [0.15, 0.2) is 0 Å². The summed E-state index contributed by atoms with van der Waals surface area (Å²) in [5.74, 6) is 0. The topological polar surface area (TPSA) is 44.9 Å². The van der Waals surface area contributed by atoms with Crippen LogP contribution in [0.2, 0.25) is 5.02 Å². The van der Waals surface area contributed by atoms with Gasteiger partial charge in [0.2, 0.25) is 0 Å². The van der Waals surface area contributed by atoms with Gasteiger partial charge in [0.1, 0.15) is 0 Å². The Balaban J connectivity index is 1.91. The SMILES string of the molecule is CC(Nc1ccc2cc[nH]c(=O)c2c1)c1cccc(Cl)c1. The molecule has 0 saturated heterocycles. The Morgan fingerprint density at radius 2 is 2.00 bits per heavy atom. The quantitative estimate of drug-likeness (QED) is 0.755. The van der Waals surface area contributed by atoms with E-state index in [2.05, 4.69) is 17.2 Å². The van der Waals surface area contributed by atoms with Crippen LogP contribution in [0.25, 0.3) is 10.8 Å². The standard InChI is InChI=1S/C17H15ClN2O/c1-11(13-3-2-4-14(18)9-13)20-15-6-5-12-7-8-19-17(21)16(12)10-15/h2-11,20H,1H3,(H,19,21). The zero-order valence-electron chi connectivity index (χ0n) is 11.6. The number of fused-ring (bicyclic) bond motifs is 1. The van der Waals surface area contributed by atoms with Crippen molar-refractivity contribution >= 4 is 28.1 Å². The summed E-state index contributed by atoms with van der Waals surface area (Å²) in [7, 11) is 0. The first-order valence-electron chi connectivity index (χ1n) is 6.77. The number of nitrogens with one attached hydrogen (secondary N) is 2. The first-order valence-corrected chi connectivity index (χ1v) is 7.15. The van der Waals surface area contributed by atoms with Crippen LogP contribution in [-0.2, 0) is 0 Å². The lowest BCUT2D eigenvalue weighted by Gasteiger charge is -2.16. The molecule has 0 amide bonds. The van der Waals surface area contributed by atoms with Crippen molar-refractivity contribution in [2.45, 2.75) is 13.0 Å². The van der Waals surface area contributed by atoms with Crippen molar-refractivity contribution < 1.29 is 0 Å². The summed E-state index contributed by atoms with van der Waals surface area (Å²) in [5, 5.41) is 5.72. The third-order valence-corrected chi connectivity index (χ3v) is 3.74. The van der Waals surface area contributed by atoms with Gasteiger partial charge >= 0.3 is 0 Å². The maximum Gasteiger partial charge on any atom is 0.255 e. The van der Waals surface area contributed by atoms with Crippen molar-refractivity contribution in [1.29, 1.82) is 0 Å². The average Bonchev–Trinajstić information content (AvgIpc) is 2.48. The number of benzene rings is 2. The number of aromatic nitrogens is 1. The minimum absolute atomic E-state index is 0.0773. The van der Waals surface area contributed by atoms with E-state index in [0.29, 0.717) is 5.39 Å². The van der Waals surface area contributed by atoms with Crippen LogP contribution in [0.4, 0.5) is 5.69 Å². The molecule has 0 aliphatic rings. The molecule has 3 rings (SSSR count). The van der Waals surface area contributed by atoms with Gasteiger partial charge in [0.05, 0.1) is 0 Å². The van der Waals surface area contributed by atoms with E-state index in [1.165, 1.54) is 0 Å². The fraction of sp³-hybridized carbons (Fsp3) is 0.118. The number of hydrogen-bond donors (Lipinski definition) is 2. The molecule has 0 radical (unpaired) electrons. The molecule has 1 atom stereocenters. The van der Waals surface area contributed by atoms with Crippen LogP contribution in [0.3, 0.4) is 0 Å². The van der Waals surface area contributed by atoms with Gasteiger partial charge in [-0.05, 0) is 48.2 Å². The Labute approximate surface area is 127 Å². The molecule has 0 aliphatic carbocycles. The number of aromatic amines is 1. The van der Waals surface area contributed by atoms with Crippen LogP contribution in [0.15, 0.2) is 59.5 Å². The van der Waals surface area contributed by atoms with Crippen molar-refractivity contribution in [1.82, 2.24) is 4.98 Å². The lowest BCUT2D eigenvalue weighted by Crippen LogP contribution is -2.08. The molecule has 3 nitrogen and oxygen atoms in total. The number of pyridine rings is 1. The summed E-state index contributed by atoms with van der Waals surface area (Å²) in [4.78, 5) is 14.5. The highest BCUT2D eigenvalue weighted by molar-refractivity contribution is 6.30. The monoisotopic (exact) mass is 298 g/mol. The number of anilines is 1. The highest BCUT2D eigenvalue weighted by atomic mass is 35.5. The number of rotatable bonds is 3. The molecule has 0 aliphatic heterocycles. The van der Waals surface area contributed by atoms with E-state index in [4.69, 9.17) is 11.6 Å². The van der Waals surface area contributed by atoms with E-state index >= 15 is 0 Å². The second-order valence-electron chi connectivity index (χ2n) is 5.03. The Morgan fingerprint density at radius 3 is 2.81 bits per heavy atom. The highest BCUT2D eigenvalue weighted by Crippen LogP contribution is 2.23. The first-order chi connectivity index (χ1) is 10.1. The fourth-order valence-electron chi connectivity index (χ4n) is 2.38. The number of H-pyrrole nitrogens is 1. The van der Waals surface area contributed by atoms with E-state index in [1.54, 1.807) is 6.20 Å². The Bertz CT molecular complexity index is 841. The van der Waals surface area contributed by atoms with E-state index in [-0.39, 0.29) is 11.6 Å². The minimum Gasteiger partial charge on any atom is -0.379 e. The van der Waals surface area contributed by atoms with Crippen molar-refractivity contribution in [2.24, 2.45) is 0 Å². The predicted molar refractivity (Wildman–Crippen MR) is 88.1 cm³/mol. The summed E-state index contributed by atoms with van der Waals surface area (Å²) < 4.78 is 0. The predicted octanol–water partition coefficient (Wildman–Crippen LogP) is 4.35. The van der Waals surface area contributed by atoms with Crippen molar-refractivity contribution in [3.05, 3.63) is 75.7 Å². The number of hydrogen-bond acceptors (Lipinski definition) is 2. The Morgan fingerprint density at radius 1 is 1.14 bits per heavy atom. The first kappa shape index (κ1) is 13.7. The van der Waals surface area contributed by atoms with Gasteiger partial charge in [-0.25, -0.2) is 0 Å². The van der Waals surface area contributed by atoms with Crippen LogP contribution in [0.1, 0.15) is 18.5 Å². The molecular formula is C17H15ClN2O. The largest absolute Gasteiger partial charge is 0.379 e. The van der Waals surface area contributed by atoms with Crippen LogP contribution < -0.4 is 10.9 Å². The molecule has 3 aromatic rings. The highest BCUT2D eigenvalue weighted by Gasteiger charge is 2.07. The summed E-state index contributed by atoms with van der Waals surface area (Å²) in [6, 6.07) is 15.5. The molecule has 2 N–H and O–H groups in total. The van der Waals surface area contributed by atoms with Crippen molar-refractivity contribution in [3.8, 4) is 0 Å². The van der Waals surface area contributed by atoms with E-state index in [9.17, 15) is 4.79 Å². The summed E-state index contributed by atoms with van der Waals surface area (Å²) >= 11 is 6.02. The maximum atomic E-state index is 11.8. The third kappa shape index (κ3) is 2.93. The molecule has 106 valence electrons. The van der Waals surface area contributed by atoms with Crippen LogP contribution in [-0.4, -0.2) is 4.98 Å². The molecule has 0 fully saturated rings. The average molecular weight is 299 g/mol. The lowest BCUT2D eigenvalue weighted by molar-refractivity contribution is 0.885. The summed E-state index contributed by atoms with van der Waals surface area (Å²) in [6.45, 7) is 2.06. The van der Waals surface area contributed by atoms with E-state index in [0.717, 1.165) is 21.7 Å². The second-order valence-corrected chi connectivity index (χ2v) is 5.47. The van der Waals surface area contributed by atoms with Crippen molar-refractivity contribution in [3.63, 3.8) is 0 Å². The van der Waals surface area contributed by atoms with Crippen LogP contribution in [0, 0.1) is 0 Å². The van der Waals surface area contributed by atoms with Crippen LogP contribution >= 0.6 is 11.6 Å². The van der Waals surface area contributed by atoms with E-state index in [1.807, 2.05) is 48.5 Å². The Kier molecular flexibility index (Phi) is 3.67.